The molecule has 3 atom stereocenters. The minimum absolute atomic E-state index is 0.000100. The molecule has 0 bridgehead atoms. The molecule has 1 amide bonds. The molecule has 2 aromatic rings. The molecule has 5 rings (SSSR count). The first-order valence-electron chi connectivity index (χ1n) is 12.8. The SMILES string of the molecule is CCN1CC[C@H](N(C)C(=O)Cc2cc(F)ccc2S(=O)(=O)Nc2ccc3c(c2C(=O)OC)OCC2CC32)C1. The Morgan fingerprint density at radius 1 is 1.26 bits per heavy atom. The fourth-order valence-electron chi connectivity index (χ4n) is 5.49. The topological polar surface area (TPSA) is 105 Å². The van der Waals surface area contributed by atoms with E-state index >= 15 is 0 Å². The third-order valence-electron chi connectivity index (χ3n) is 7.88. The van der Waals surface area contributed by atoms with Crippen molar-refractivity contribution in [3.8, 4) is 5.75 Å². The summed E-state index contributed by atoms with van der Waals surface area (Å²) in [7, 11) is -1.41. The first-order valence-corrected chi connectivity index (χ1v) is 14.3. The van der Waals surface area contributed by atoms with Crippen LogP contribution in [0.5, 0.6) is 5.75 Å². The highest BCUT2D eigenvalue weighted by Crippen LogP contribution is 2.55. The molecule has 38 heavy (non-hydrogen) atoms. The number of anilines is 1. The van der Waals surface area contributed by atoms with Crippen LogP contribution in [0.15, 0.2) is 35.2 Å². The zero-order chi connectivity index (χ0) is 27.2. The first-order chi connectivity index (χ1) is 18.1. The van der Waals surface area contributed by atoms with E-state index in [1.807, 2.05) is 0 Å². The van der Waals surface area contributed by atoms with Gasteiger partial charge in [-0.05, 0) is 60.7 Å². The summed E-state index contributed by atoms with van der Waals surface area (Å²) in [5.41, 5.74) is 0.891. The smallest absolute Gasteiger partial charge is 0.343 e. The van der Waals surface area contributed by atoms with Crippen LogP contribution in [0.4, 0.5) is 10.1 Å². The second kappa shape index (κ2) is 10.2. The van der Waals surface area contributed by atoms with E-state index in [2.05, 4.69) is 16.5 Å². The number of likely N-dealkylation sites (N-methyl/N-ethyl adjacent to an activating group) is 2. The molecule has 9 nitrogen and oxygen atoms in total. The molecule has 204 valence electrons. The molecule has 1 N–H and O–H groups in total. The van der Waals surface area contributed by atoms with E-state index in [0.29, 0.717) is 18.3 Å². The summed E-state index contributed by atoms with van der Waals surface area (Å²) in [5, 5.41) is 0. The van der Waals surface area contributed by atoms with Crippen molar-refractivity contribution >= 4 is 27.6 Å². The molecular formula is C27H32FN3O6S. The number of carbonyl (C=O) groups excluding carboxylic acids is 2. The van der Waals surface area contributed by atoms with Crippen LogP contribution in [0.2, 0.25) is 0 Å². The predicted octanol–water partition coefficient (Wildman–Crippen LogP) is 3.00. The number of carbonyl (C=O) groups is 2. The van der Waals surface area contributed by atoms with Crippen molar-refractivity contribution in [1.29, 1.82) is 0 Å². The van der Waals surface area contributed by atoms with Crippen molar-refractivity contribution in [3.63, 3.8) is 0 Å². The van der Waals surface area contributed by atoms with E-state index in [9.17, 15) is 22.4 Å². The maximum Gasteiger partial charge on any atom is 0.343 e. The number of hydrogen-bond acceptors (Lipinski definition) is 7. The summed E-state index contributed by atoms with van der Waals surface area (Å²) >= 11 is 0. The van der Waals surface area contributed by atoms with Crippen LogP contribution < -0.4 is 9.46 Å². The molecule has 2 aromatic carbocycles. The van der Waals surface area contributed by atoms with E-state index in [1.54, 1.807) is 18.0 Å². The summed E-state index contributed by atoms with van der Waals surface area (Å²) in [4.78, 5) is 29.4. The number of nitrogens with one attached hydrogen (secondary N) is 1. The van der Waals surface area contributed by atoms with Gasteiger partial charge in [0.1, 0.15) is 17.1 Å². The van der Waals surface area contributed by atoms with Gasteiger partial charge in [-0.25, -0.2) is 17.6 Å². The summed E-state index contributed by atoms with van der Waals surface area (Å²) in [6, 6.07) is 6.53. The van der Waals surface area contributed by atoms with Gasteiger partial charge in [-0.1, -0.05) is 13.0 Å². The molecule has 0 spiro atoms. The standard InChI is InChI=1S/C27H32FN3O6S/c1-4-31-10-9-19(14-31)30(2)24(32)13-16-11-18(28)5-8-23(16)38(34,35)29-22-7-6-20-21-12-17(21)15-37-26(20)25(22)27(33)36-3/h5-8,11,17,19,21,29H,4,9-10,12-15H2,1-3H3/t17?,19-,21?/m0/s1. The van der Waals surface area contributed by atoms with Crippen LogP contribution >= 0.6 is 0 Å². The number of rotatable bonds is 8. The third-order valence-corrected chi connectivity index (χ3v) is 9.34. The number of methoxy groups -OCH3 is 1. The molecule has 1 aliphatic carbocycles. The van der Waals surface area contributed by atoms with Gasteiger partial charge in [0.05, 0.1) is 30.7 Å². The van der Waals surface area contributed by atoms with Gasteiger partial charge in [-0.15, -0.1) is 0 Å². The lowest BCUT2D eigenvalue weighted by atomic mass is 10.0. The molecule has 1 saturated carbocycles. The molecule has 11 heteroatoms. The largest absolute Gasteiger partial charge is 0.492 e. The van der Waals surface area contributed by atoms with Crippen molar-refractivity contribution in [2.45, 2.75) is 43.0 Å². The number of halogens is 1. The van der Waals surface area contributed by atoms with Crippen LogP contribution in [0.1, 0.15) is 47.2 Å². The number of esters is 1. The molecule has 3 aliphatic rings. The van der Waals surface area contributed by atoms with E-state index in [4.69, 9.17) is 9.47 Å². The Balaban J connectivity index is 1.43. The Morgan fingerprint density at radius 2 is 2.05 bits per heavy atom. The molecular weight excluding hydrogens is 513 g/mol. The highest BCUT2D eigenvalue weighted by atomic mass is 32.2. The monoisotopic (exact) mass is 545 g/mol. The van der Waals surface area contributed by atoms with E-state index in [-0.39, 0.29) is 46.0 Å². The van der Waals surface area contributed by atoms with Gasteiger partial charge in [-0.3, -0.25) is 9.52 Å². The fourth-order valence-corrected chi connectivity index (χ4v) is 6.79. The number of sulfonamides is 1. The normalized spacial score (nSPS) is 22.2. The molecule has 0 radical (unpaired) electrons. The van der Waals surface area contributed by atoms with E-state index in [0.717, 1.165) is 56.2 Å². The van der Waals surface area contributed by atoms with Gasteiger partial charge in [-0.2, -0.15) is 0 Å². The number of likely N-dealkylation sites (tertiary alicyclic amines) is 1. The summed E-state index contributed by atoms with van der Waals surface area (Å²) in [6.45, 7) is 5.03. The number of benzene rings is 2. The van der Waals surface area contributed by atoms with Gasteiger partial charge < -0.3 is 19.3 Å². The summed E-state index contributed by atoms with van der Waals surface area (Å²) in [6.07, 6.45) is 1.50. The molecule has 2 fully saturated rings. The van der Waals surface area contributed by atoms with Crippen LogP contribution in [-0.4, -0.2) is 76.5 Å². The Morgan fingerprint density at radius 3 is 2.76 bits per heavy atom. The zero-order valence-electron chi connectivity index (χ0n) is 21.7. The first kappa shape index (κ1) is 26.4. The highest BCUT2D eigenvalue weighted by Gasteiger charge is 2.45. The Hall–Kier alpha value is -3.18. The molecule has 2 aliphatic heterocycles. The van der Waals surface area contributed by atoms with Gasteiger partial charge >= 0.3 is 5.97 Å². The van der Waals surface area contributed by atoms with Crippen LogP contribution in [0, 0.1) is 11.7 Å². The zero-order valence-corrected chi connectivity index (χ0v) is 22.5. The maximum absolute atomic E-state index is 14.2. The predicted molar refractivity (Wildman–Crippen MR) is 138 cm³/mol. The number of ether oxygens (including phenoxy) is 2. The summed E-state index contributed by atoms with van der Waals surface area (Å²) < 4.78 is 54.6. The Labute approximate surface area is 221 Å². The minimum atomic E-state index is -4.32. The van der Waals surface area contributed by atoms with Crippen LogP contribution in [0.25, 0.3) is 0 Å². The van der Waals surface area contributed by atoms with Crippen molar-refractivity contribution < 1.29 is 31.9 Å². The molecule has 2 unspecified atom stereocenters. The van der Waals surface area contributed by atoms with E-state index < -0.39 is 21.8 Å². The van der Waals surface area contributed by atoms with Gasteiger partial charge in [0.25, 0.3) is 10.0 Å². The maximum atomic E-state index is 14.2. The van der Waals surface area contributed by atoms with Gasteiger partial charge in [0.2, 0.25) is 5.91 Å². The Bertz CT molecular complexity index is 1380. The van der Waals surface area contributed by atoms with E-state index in [1.165, 1.54) is 13.2 Å². The Kier molecular flexibility index (Phi) is 7.08. The molecule has 2 heterocycles. The van der Waals surface area contributed by atoms with Gasteiger partial charge in [0.15, 0.2) is 0 Å². The summed E-state index contributed by atoms with van der Waals surface area (Å²) in [5.74, 6) is -0.668. The number of nitrogens with zero attached hydrogens (tertiary/aromatic N) is 2. The lowest BCUT2D eigenvalue weighted by molar-refractivity contribution is -0.131. The number of hydrogen-bond donors (Lipinski definition) is 1. The molecule has 1 saturated heterocycles. The van der Waals surface area contributed by atoms with Crippen molar-refractivity contribution in [2.24, 2.45) is 5.92 Å². The average molecular weight is 546 g/mol. The average Bonchev–Trinajstić information content (AvgIpc) is 3.54. The van der Waals surface area contributed by atoms with Crippen molar-refractivity contribution in [1.82, 2.24) is 9.80 Å². The highest BCUT2D eigenvalue weighted by molar-refractivity contribution is 7.92. The minimum Gasteiger partial charge on any atom is -0.492 e. The lowest BCUT2D eigenvalue weighted by Gasteiger charge is -2.25. The van der Waals surface area contributed by atoms with Crippen LogP contribution in [-0.2, 0) is 26.0 Å². The quantitative estimate of drug-likeness (QED) is 0.509. The lowest BCUT2D eigenvalue weighted by Crippen LogP contribution is -2.40. The van der Waals surface area contributed by atoms with Crippen LogP contribution in [0.3, 0.4) is 0 Å². The third kappa shape index (κ3) is 4.96. The second-order valence-electron chi connectivity index (χ2n) is 10.2. The van der Waals surface area contributed by atoms with Crippen molar-refractivity contribution in [2.75, 3.05) is 45.1 Å². The van der Waals surface area contributed by atoms with Crippen molar-refractivity contribution in [3.05, 3.63) is 52.8 Å². The fraction of sp³-hybridized carbons (Fsp3) is 0.481. The van der Waals surface area contributed by atoms with Gasteiger partial charge in [0, 0.05) is 32.1 Å². The number of amides is 1. The molecule has 0 aromatic heterocycles. The number of fused-ring (bicyclic) bond motifs is 3. The second-order valence-corrected chi connectivity index (χ2v) is 11.8.